The van der Waals surface area contributed by atoms with Crippen molar-refractivity contribution in [3.63, 3.8) is 0 Å². The molecule has 1 fully saturated rings. The van der Waals surface area contributed by atoms with Crippen molar-refractivity contribution in [1.82, 2.24) is 20.5 Å². The number of aliphatic imine (C=N–C) groups is 1. The van der Waals surface area contributed by atoms with Crippen LogP contribution in [0.5, 0.6) is 0 Å². The van der Waals surface area contributed by atoms with Crippen molar-refractivity contribution in [2.45, 2.75) is 63.2 Å². The zero-order chi connectivity index (χ0) is 27.8. The van der Waals surface area contributed by atoms with Gasteiger partial charge in [-0.25, -0.2) is 4.79 Å². The van der Waals surface area contributed by atoms with E-state index in [9.17, 15) is 24.3 Å². The summed E-state index contributed by atoms with van der Waals surface area (Å²) in [5.74, 6) is -2.71. The van der Waals surface area contributed by atoms with Crippen molar-refractivity contribution < 1.29 is 24.3 Å². The van der Waals surface area contributed by atoms with E-state index in [1.165, 1.54) is 11.8 Å². The van der Waals surface area contributed by atoms with Crippen molar-refractivity contribution in [2.24, 2.45) is 22.2 Å². The molecule has 1 aliphatic rings. The molecular weight excluding hydrogens is 492 g/mol. The van der Waals surface area contributed by atoms with E-state index in [0.717, 1.165) is 16.5 Å². The lowest BCUT2D eigenvalue weighted by Crippen LogP contribution is -2.56. The number of aromatic amines is 1. The van der Waals surface area contributed by atoms with Gasteiger partial charge in [-0.1, -0.05) is 18.2 Å². The quantitative estimate of drug-likeness (QED) is 0.104. The number of hydrogen-bond donors (Lipinski definition) is 7. The fourth-order valence-corrected chi connectivity index (χ4v) is 4.55. The molecule has 13 heteroatoms. The molecule has 0 radical (unpaired) electrons. The Morgan fingerprint density at radius 2 is 1.95 bits per heavy atom. The number of para-hydroxylation sites is 1. The first-order valence-corrected chi connectivity index (χ1v) is 12.6. The van der Waals surface area contributed by atoms with Gasteiger partial charge in [0, 0.05) is 36.6 Å². The number of carboxylic acids is 1. The average Bonchev–Trinajstić information content (AvgIpc) is 3.53. The Kier molecular flexibility index (Phi) is 9.66. The van der Waals surface area contributed by atoms with Gasteiger partial charge in [-0.15, -0.1) is 0 Å². The highest BCUT2D eigenvalue weighted by Crippen LogP contribution is 2.20. The highest BCUT2D eigenvalue weighted by atomic mass is 16.4. The van der Waals surface area contributed by atoms with Crippen LogP contribution in [0.2, 0.25) is 0 Å². The first-order valence-electron chi connectivity index (χ1n) is 12.6. The van der Waals surface area contributed by atoms with Crippen LogP contribution in [0.1, 0.15) is 38.2 Å². The minimum Gasteiger partial charge on any atom is -0.480 e. The van der Waals surface area contributed by atoms with Crippen LogP contribution in [0.25, 0.3) is 10.9 Å². The molecule has 3 rings (SSSR count). The van der Waals surface area contributed by atoms with Gasteiger partial charge in [0.25, 0.3) is 0 Å². The van der Waals surface area contributed by atoms with Gasteiger partial charge in [-0.3, -0.25) is 19.4 Å². The Morgan fingerprint density at radius 1 is 1.21 bits per heavy atom. The lowest BCUT2D eigenvalue weighted by molar-refractivity contribution is -0.143. The van der Waals surface area contributed by atoms with Crippen LogP contribution >= 0.6 is 0 Å². The number of aliphatic carboxylic acids is 1. The maximum atomic E-state index is 13.0. The molecule has 1 saturated heterocycles. The normalized spacial score (nSPS) is 17.4. The summed E-state index contributed by atoms with van der Waals surface area (Å²) >= 11 is 0. The average molecular weight is 529 g/mol. The molecule has 10 N–H and O–H groups in total. The minimum absolute atomic E-state index is 0.0352. The first kappa shape index (κ1) is 28.4. The van der Waals surface area contributed by atoms with Gasteiger partial charge in [0.05, 0.1) is 6.04 Å². The monoisotopic (exact) mass is 528 g/mol. The van der Waals surface area contributed by atoms with Crippen molar-refractivity contribution in [3.05, 3.63) is 36.0 Å². The Bertz CT molecular complexity index is 1190. The fraction of sp³-hybridized carbons (Fsp3) is 0.480. The second-order valence-electron chi connectivity index (χ2n) is 9.44. The highest BCUT2D eigenvalue weighted by molar-refractivity contribution is 5.94. The highest BCUT2D eigenvalue weighted by Gasteiger charge is 2.37. The summed E-state index contributed by atoms with van der Waals surface area (Å²) in [6.07, 6.45) is 3.71. The smallest absolute Gasteiger partial charge is 0.326 e. The number of nitrogens with one attached hydrogen (secondary N) is 3. The molecule has 1 aromatic carbocycles. The number of fused-ring (bicyclic) bond motifs is 1. The van der Waals surface area contributed by atoms with Crippen molar-refractivity contribution in [2.75, 3.05) is 13.1 Å². The maximum absolute atomic E-state index is 13.0. The predicted octanol–water partition coefficient (Wildman–Crippen LogP) is -0.844. The van der Waals surface area contributed by atoms with Crippen molar-refractivity contribution in [1.29, 1.82) is 0 Å². The third-order valence-electron chi connectivity index (χ3n) is 6.59. The van der Waals surface area contributed by atoms with E-state index in [0.29, 0.717) is 38.8 Å². The van der Waals surface area contributed by atoms with Gasteiger partial charge >= 0.3 is 5.97 Å². The number of guanidine groups is 1. The zero-order valence-electron chi connectivity index (χ0n) is 21.4. The number of amides is 3. The number of nitrogens with zero attached hydrogens (tertiary/aromatic N) is 2. The summed E-state index contributed by atoms with van der Waals surface area (Å²) in [6.45, 7) is 2.19. The number of likely N-dealkylation sites (tertiary alicyclic amines) is 1. The van der Waals surface area contributed by atoms with Gasteiger partial charge in [0.1, 0.15) is 18.1 Å². The van der Waals surface area contributed by atoms with E-state index in [2.05, 4.69) is 20.6 Å². The van der Waals surface area contributed by atoms with Crippen LogP contribution in [0, 0.1) is 0 Å². The standard InChI is InChI=1S/C25H36N8O5/c1-14(21(34)32-19(24(37)38)12-15-13-30-18-8-3-2-6-16(15)18)31-22(35)20-9-5-11-33(20)23(36)17(26)7-4-10-29-25(27)28/h2-3,6,8,13-14,17,19-20,30H,4-5,7,9-12,26H2,1H3,(H,31,35)(H,32,34)(H,37,38)(H4,27,28,29). The molecule has 13 nitrogen and oxygen atoms in total. The first-order chi connectivity index (χ1) is 18.1. The van der Waals surface area contributed by atoms with E-state index in [-0.39, 0.29) is 18.3 Å². The number of hydrogen-bond acceptors (Lipinski definition) is 6. The zero-order valence-corrected chi connectivity index (χ0v) is 21.4. The van der Waals surface area contributed by atoms with Crippen molar-refractivity contribution in [3.8, 4) is 0 Å². The summed E-state index contributed by atoms with van der Waals surface area (Å²) in [6, 6.07) is 3.69. The number of aromatic nitrogens is 1. The van der Waals surface area contributed by atoms with E-state index < -0.39 is 42.0 Å². The Balaban J connectivity index is 1.55. The lowest BCUT2D eigenvalue weighted by Gasteiger charge is -2.28. The van der Waals surface area contributed by atoms with Crippen LogP contribution in [0.4, 0.5) is 0 Å². The SMILES string of the molecule is CC(NC(=O)C1CCCN1C(=O)C(N)CCCN=C(N)N)C(=O)NC(Cc1c[nH]c2ccccc12)C(=O)O. The van der Waals surface area contributed by atoms with Crippen LogP contribution in [-0.2, 0) is 25.6 Å². The molecule has 2 heterocycles. The third kappa shape index (κ3) is 7.22. The second kappa shape index (κ2) is 12.9. The van der Waals surface area contributed by atoms with E-state index >= 15 is 0 Å². The second-order valence-corrected chi connectivity index (χ2v) is 9.44. The van der Waals surface area contributed by atoms with Crippen LogP contribution in [-0.4, -0.2) is 81.9 Å². The number of carbonyl (C=O) groups is 4. The third-order valence-corrected chi connectivity index (χ3v) is 6.59. The molecule has 3 amide bonds. The summed E-state index contributed by atoms with van der Waals surface area (Å²) in [5, 5.41) is 15.7. The topological polar surface area (TPSA) is 222 Å². The van der Waals surface area contributed by atoms with Gasteiger partial charge < -0.3 is 42.8 Å². The van der Waals surface area contributed by atoms with Crippen LogP contribution < -0.4 is 27.8 Å². The molecule has 0 bridgehead atoms. The van der Waals surface area contributed by atoms with Crippen molar-refractivity contribution >= 4 is 40.6 Å². The molecule has 206 valence electrons. The summed E-state index contributed by atoms with van der Waals surface area (Å²) in [4.78, 5) is 58.9. The molecule has 1 aromatic heterocycles. The Labute approximate surface area is 220 Å². The van der Waals surface area contributed by atoms with Gasteiger partial charge in [-0.05, 0) is 44.2 Å². The van der Waals surface area contributed by atoms with Gasteiger partial charge in [0.15, 0.2) is 5.96 Å². The summed E-state index contributed by atoms with van der Waals surface area (Å²) in [5.41, 5.74) is 18.2. The summed E-state index contributed by atoms with van der Waals surface area (Å²) < 4.78 is 0. The molecule has 2 aromatic rings. The van der Waals surface area contributed by atoms with Crippen LogP contribution in [0.15, 0.2) is 35.5 Å². The maximum Gasteiger partial charge on any atom is 0.326 e. The van der Waals surface area contributed by atoms with E-state index in [4.69, 9.17) is 17.2 Å². The fourth-order valence-electron chi connectivity index (χ4n) is 4.55. The lowest BCUT2D eigenvalue weighted by atomic mass is 10.0. The molecule has 4 atom stereocenters. The summed E-state index contributed by atoms with van der Waals surface area (Å²) in [7, 11) is 0. The number of nitrogens with two attached hydrogens (primary N) is 3. The number of benzene rings is 1. The largest absolute Gasteiger partial charge is 0.480 e. The molecule has 0 aliphatic carbocycles. The molecular formula is C25H36N8O5. The number of H-pyrrole nitrogens is 1. The Morgan fingerprint density at radius 3 is 2.66 bits per heavy atom. The van der Waals surface area contributed by atoms with Gasteiger partial charge in [0.2, 0.25) is 17.7 Å². The minimum atomic E-state index is -1.19. The van der Waals surface area contributed by atoms with E-state index in [1.807, 2.05) is 24.3 Å². The number of carbonyl (C=O) groups excluding carboxylic acids is 3. The number of rotatable bonds is 12. The predicted molar refractivity (Wildman–Crippen MR) is 142 cm³/mol. The Hall–Kier alpha value is -4.13. The van der Waals surface area contributed by atoms with E-state index in [1.54, 1.807) is 6.20 Å². The molecule has 1 aliphatic heterocycles. The van der Waals surface area contributed by atoms with Crippen LogP contribution in [0.3, 0.4) is 0 Å². The molecule has 4 unspecified atom stereocenters. The molecule has 0 spiro atoms. The molecule has 38 heavy (non-hydrogen) atoms. The number of carboxylic acid groups (broad SMARTS) is 1. The van der Waals surface area contributed by atoms with Gasteiger partial charge in [-0.2, -0.15) is 0 Å². The molecule has 0 saturated carbocycles.